The zero-order valence-corrected chi connectivity index (χ0v) is 22.2. The molecule has 0 heterocycles. The van der Waals surface area contributed by atoms with Crippen molar-refractivity contribution in [1.29, 1.82) is 5.26 Å². The van der Waals surface area contributed by atoms with Gasteiger partial charge in [-0.1, -0.05) is 60.8 Å². The normalized spacial score (nSPS) is 11.7. The molecule has 0 aliphatic carbocycles. The number of benzene rings is 3. The fourth-order valence-electron chi connectivity index (χ4n) is 3.22. The molecule has 0 saturated heterocycles. The van der Waals surface area contributed by atoms with Crippen LogP contribution in [-0.4, -0.2) is 24.1 Å². The van der Waals surface area contributed by atoms with Gasteiger partial charge in [0.15, 0.2) is 0 Å². The second-order valence-corrected chi connectivity index (χ2v) is 9.59. The zero-order valence-electron chi connectivity index (χ0n) is 20.0. The Hall–Kier alpha value is -3.57. The van der Waals surface area contributed by atoms with Gasteiger partial charge in [-0.25, -0.2) is 5.43 Å². The van der Waals surface area contributed by atoms with Gasteiger partial charge in [-0.2, -0.15) is 10.4 Å². The summed E-state index contributed by atoms with van der Waals surface area (Å²) in [6.45, 7) is 3.86. The summed E-state index contributed by atoms with van der Waals surface area (Å²) in [5.74, 6) is -0.689. The number of rotatable bonds is 9. The van der Waals surface area contributed by atoms with Gasteiger partial charge in [-0.3, -0.25) is 9.59 Å². The summed E-state index contributed by atoms with van der Waals surface area (Å²) in [4.78, 5) is 25.5. The third-order valence-electron chi connectivity index (χ3n) is 5.25. The van der Waals surface area contributed by atoms with E-state index in [9.17, 15) is 9.59 Å². The predicted octanol–water partition coefficient (Wildman–Crippen LogP) is 6.00. The Morgan fingerprint density at radius 1 is 1.03 bits per heavy atom. The second-order valence-electron chi connectivity index (χ2n) is 8.34. The highest BCUT2D eigenvalue weighted by Gasteiger charge is 2.24. The lowest BCUT2D eigenvalue weighted by molar-refractivity contribution is -0.123. The van der Waals surface area contributed by atoms with E-state index in [2.05, 4.69) is 21.9 Å². The lowest BCUT2D eigenvalue weighted by Crippen LogP contribution is -2.48. The molecule has 0 radical (unpaired) electrons. The number of nitriles is 1. The maximum Gasteiger partial charge on any atom is 0.262 e. The topological polar surface area (TPSA) is 104 Å². The molecule has 2 N–H and O–H groups in total. The number of carbonyl (C=O) groups excluding carboxylic acids is 2. The minimum absolute atomic E-state index is 0.223. The van der Waals surface area contributed by atoms with Gasteiger partial charge in [0.2, 0.25) is 0 Å². The van der Waals surface area contributed by atoms with Crippen molar-refractivity contribution in [2.75, 3.05) is 0 Å². The molecule has 0 bridgehead atoms. The van der Waals surface area contributed by atoms with Crippen LogP contribution >= 0.6 is 34.8 Å². The summed E-state index contributed by atoms with van der Waals surface area (Å²) in [5, 5.41) is 16.7. The van der Waals surface area contributed by atoms with Crippen molar-refractivity contribution in [3.63, 3.8) is 0 Å². The molecule has 37 heavy (non-hydrogen) atoms. The number of halogens is 3. The summed E-state index contributed by atoms with van der Waals surface area (Å²) < 4.78 is 5.89. The van der Waals surface area contributed by atoms with Gasteiger partial charge in [-0.15, -0.1) is 0 Å². The first-order chi connectivity index (χ1) is 17.7. The van der Waals surface area contributed by atoms with Gasteiger partial charge in [0.1, 0.15) is 18.4 Å². The van der Waals surface area contributed by atoms with Crippen molar-refractivity contribution in [2.45, 2.75) is 26.5 Å². The number of hydrazone groups is 1. The van der Waals surface area contributed by atoms with Gasteiger partial charge >= 0.3 is 0 Å². The number of amides is 2. The van der Waals surface area contributed by atoms with E-state index in [1.165, 1.54) is 24.4 Å². The van der Waals surface area contributed by atoms with Crippen LogP contribution in [0.25, 0.3) is 0 Å². The first-order valence-corrected chi connectivity index (χ1v) is 12.3. The summed E-state index contributed by atoms with van der Waals surface area (Å²) in [6, 6.07) is 17.8. The highest BCUT2D eigenvalue weighted by Crippen LogP contribution is 2.24. The number of ether oxygens (including phenoxy) is 1. The number of nitrogens with zero attached hydrogens (tertiary/aromatic N) is 2. The minimum Gasteiger partial charge on any atom is -0.488 e. The maximum atomic E-state index is 12.8. The van der Waals surface area contributed by atoms with Crippen LogP contribution in [-0.2, 0) is 11.4 Å². The largest absolute Gasteiger partial charge is 0.488 e. The molecule has 0 spiro atoms. The van der Waals surface area contributed by atoms with Gasteiger partial charge in [0.25, 0.3) is 11.8 Å². The van der Waals surface area contributed by atoms with Crippen molar-refractivity contribution in [3.8, 4) is 11.8 Å². The molecule has 2 amide bonds. The fraction of sp³-hybridized carbons (Fsp3) is 0.185. The molecule has 0 aliphatic rings. The number of carbonyl (C=O) groups is 2. The van der Waals surface area contributed by atoms with E-state index in [0.29, 0.717) is 26.9 Å². The van der Waals surface area contributed by atoms with Crippen molar-refractivity contribution in [2.24, 2.45) is 11.0 Å². The molecule has 7 nitrogen and oxygen atoms in total. The summed E-state index contributed by atoms with van der Waals surface area (Å²) in [6.07, 6.45) is 1.41. The lowest BCUT2D eigenvalue weighted by atomic mass is 10.0. The molecule has 3 aromatic rings. The van der Waals surface area contributed by atoms with E-state index >= 15 is 0 Å². The quantitative estimate of drug-likeness (QED) is 0.249. The van der Waals surface area contributed by atoms with Crippen LogP contribution in [0.15, 0.2) is 65.8 Å². The first-order valence-electron chi connectivity index (χ1n) is 11.2. The number of hydrogen-bond donors (Lipinski definition) is 2. The maximum absolute atomic E-state index is 12.8. The van der Waals surface area contributed by atoms with Crippen molar-refractivity contribution in [1.82, 2.24) is 10.7 Å². The van der Waals surface area contributed by atoms with Crippen LogP contribution in [0.5, 0.6) is 5.75 Å². The average Bonchev–Trinajstić information content (AvgIpc) is 2.88. The van der Waals surface area contributed by atoms with E-state index < -0.39 is 17.9 Å². The molecule has 0 aliphatic heterocycles. The Bertz CT molecular complexity index is 1350. The molecule has 1 atom stereocenters. The predicted molar refractivity (Wildman–Crippen MR) is 145 cm³/mol. The van der Waals surface area contributed by atoms with E-state index in [1.54, 1.807) is 56.3 Å². The summed E-state index contributed by atoms with van der Waals surface area (Å²) >= 11 is 18.0. The Kier molecular flexibility index (Phi) is 9.93. The van der Waals surface area contributed by atoms with E-state index in [-0.39, 0.29) is 23.1 Å². The zero-order chi connectivity index (χ0) is 26.9. The van der Waals surface area contributed by atoms with Gasteiger partial charge < -0.3 is 10.1 Å². The second kappa shape index (κ2) is 13.1. The van der Waals surface area contributed by atoms with Crippen LogP contribution in [0.3, 0.4) is 0 Å². The highest BCUT2D eigenvalue weighted by atomic mass is 35.5. The van der Waals surface area contributed by atoms with Crippen molar-refractivity contribution in [3.05, 3.63) is 98.0 Å². The van der Waals surface area contributed by atoms with Crippen LogP contribution in [0.4, 0.5) is 0 Å². The van der Waals surface area contributed by atoms with E-state index in [4.69, 9.17) is 44.8 Å². The molecule has 3 rings (SSSR count). The van der Waals surface area contributed by atoms with E-state index in [1.807, 2.05) is 0 Å². The Morgan fingerprint density at radius 2 is 1.76 bits per heavy atom. The summed E-state index contributed by atoms with van der Waals surface area (Å²) in [7, 11) is 0. The molecule has 0 saturated carbocycles. The SMILES string of the molecule is CC(C)C(NC(=O)c1ccc(Cl)c(Cl)c1)C(=O)NN=Cc1cc(Cl)ccc1OCc1ccc(C#N)cc1. The minimum atomic E-state index is -0.856. The molecule has 10 heteroatoms. The molecule has 0 aromatic heterocycles. The standard InChI is InChI=1S/C27H23Cl3N4O3/c1-16(2)25(33-26(35)19-7-9-22(29)23(30)12-19)27(36)34-32-14-20-11-21(28)8-10-24(20)37-15-18-5-3-17(13-31)4-6-18/h3-12,14,16,25H,15H2,1-2H3,(H,33,35)(H,34,36). The Balaban J connectivity index is 1.66. The molecule has 3 aromatic carbocycles. The monoisotopic (exact) mass is 556 g/mol. The van der Waals surface area contributed by atoms with Crippen LogP contribution in [0, 0.1) is 17.2 Å². The molecular weight excluding hydrogens is 535 g/mol. The van der Waals surface area contributed by atoms with E-state index in [0.717, 1.165) is 5.56 Å². The molecule has 0 fully saturated rings. The number of nitrogens with one attached hydrogen (secondary N) is 2. The average molecular weight is 558 g/mol. The first kappa shape index (κ1) is 28.0. The lowest BCUT2D eigenvalue weighted by Gasteiger charge is -2.20. The molecular formula is C27H23Cl3N4O3. The summed E-state index contributed by atoms with van der Waals surface area (Å²) in [5.41, 5.74) is 4.72. The van der Waals surface area contributed by atoms with Crippen LogP contribution in [0.1, 0.15) is 40.9 Å². The highest BCUT2D eigenvalue weighted by molar-refractivity contribution is 6.42. The van der Waals surface area contributed by atoms with Crippen molar-refractivity contribution >= 4 is 52.8 Å². The smallest absolute Gasteiger partial charge is 0.262 e. The van der Waals surface area contributed by atoms with Crippen molar-refractivity contribution < 1.29 is 14.3 Å². The fourth-order valence-corrected chi connectivity index (χ4v) is 3.70. The third kappa shape index (κ3) is 7.96. The molecule has 190 valence electrons. The number of hydrogen-bond acceptors (Lipinski definition) is 5. The Morgan fingerprint density at radius 3 is 2.41 bits per heavy atom. The Labute approximate surface area is 230 Å². The third-order valence-corrected chi connectivity index (χ3v) is 6.22. The van der Waals surface area contributed by atoms with Crippen LogP contribution in [0.2, 0.25) is 15.1 Å². The molecule has 1 unspecified atom stereocenters. The van der Waals surface area contributed by atoms with Gasteiger partial charge in [0, 0.05) is 16.1 Å². The van der Waals surface area contributed by atoms with Crippen LogP contribution < -0.4 is 15.5 Å². The van der Waals surface area contributed by atoms with Gasteiger partial charge in [0.05, 0.1) is 27.9 Å². The van der Waals surface area contributed by atoms with Gasteiger partial charge in [-0.05, 0) is 60.0 Å².